The highest BCUT2D eigenvalue weighted by Gasteiger charge is 2.28. The second kappa shape index (κ2) is 9.08. The summed E-state index contributed by atoms with van der Waals surface area (Å²) in [5, 5.41) is 29.5. The molecule has 0 bridgehead atoms. The fraction of sp³-hybridized carbons (Fsp3) is 0.400. The molecule has 2 fully saturated rings. The minimum Gasteiger partial charge on any atom is -0.391 e. The van der Waals surface area contributed by atoms with Gasteiger partial charge in [0, 0.05) is 49.6 Å². The van der Waals surface area contributed by atoms with Crippen molar-refractivity contribution in [2.24, 2.45) is 5.92 Å². The van der Waals surface area contributed by atoms with Crippen LogP contribution in [0.1, 0.15) is 36.3 Å². The van der Waals surface area contributed by atoms with Gasteiger partial charge in [0.15, 0.2) is 5.65 Å². The number of aliphatic hydroxyl groups excluding tert-OH is 1. The number of aromatic nitrogens is 5. The van der Waals surface area contributed by atoms with E-state index in [2.05, 4.69) is 50.4 Å². The summed E-state index contributed by atoms with van der Waals surface area (Å²) >= 11 is 0. The molecule has 0 unspecified atom stereocenters. The lowest BCUT2D eigenvalue weighted by Crippen LogP contribution is -2.43. The summed E-state index contributed by atoms with van der Waals surface area (Å²) in [5.74, 6) is 2.50. The highest BCUT2D eigenvalue weighted by molar-refractivity contribution is 5.61. The molecule has 34 heavy (non-hydrogen) atoms. The fourth-order valence-corrected chi connectivity index (χ4v) is 4.63. The van der Waals surface area contributed by atoms with Crippen LogP contribution in [0.3, 0.4) is 0 Å². The van der Waals surface area contributed by atoms with Crippen LogP contribution in [0, 0.1) is 5.92 Å². The molecule has 1 aliphatic heterocycles. The second-order valence-corrected chi connectivity index (χ2v) is 9.31. The van der Waals surface area contributed by atoms with Crippen molar-refractivity contribution >= 4 is 17.3 Å². The molecule has 3 aromatic heterocycles. The van der Waals surface area contributed by atoms with Gasteiger partial charge in [0.2, 0.25) is 0 Å². The number of β-amino-alcohol motifs (C(OH)–C–C–N with tert-alkyl or cyclic N) is 1. The van der Waals surface area contributed by atoms with Crippen molar-refractivity contribution < 1.29 is 5.11 Å². The Balaban J connectivity index is 1.22. The molecule has 4 heterocycles. The highest BCUT2D eigenvalue weighted by Crippen LogP contribution is 2.42. The number of nitrogens with zero attached hydrogens (tertiary/aromatic N) is 5. The molecule has 4 N–H and O–H groups in total. The zero-order chi connectivity index (χ0) is 22.9. The van der Waals surface area contributed by atoms with Gasteiger partial charge >= 0.3 is 0 Å². The zero-order valence-electron chi connectivity index (χ0n) is 19.1. The number of fused-ring (bicyclic) bond motifs is 1. The summed E-state index contributed by atoms with van der Waals surface area (Å²) in [5.41, 5.74) is 4.34. The van der Waals surface area contributed by atoms with Gasteiger partial charge in [-0.15, -0.1) is 0 Å². The Bertz CT molecular complexity index is 1250. The Morgan fingerprint density at radius 1 is 1.09 bits per heavy atom. The Kier molecular flexibility index (Phi) is 5.64. The third kappa shape index (κ3) is 4.36. The number of nitrogens with one attached hydrogen (secondary N) is 3. The molecule has 176 valence electrons. The third-order valence-electron chi connectivity index (χ3n) is 6.83. The van der Waals surface area contributed by atoms with Crippen molar-refractivity contribution in [3.05, 3.63) is 66.1 Å². The number of hydrogen-bond donors (Lipinski definition) is 4. The standard InChI is InChI=1S/C25H30N8O/c34-22-16-26-10-8-19(22)14-27-23-12-24(33-25(31-23)21(15-30-33)18-4-5-18)28-13-17-2-6-20(7-3-17)32-11-1-9-29-32/h1-3,6-7,9,11-12,15,18-19,22,26,28,34H,4-5,8,10,13-14,16H2,(H,27,31)/t19-,22+/m1/s1. The van der Waals surface area contributed by atoms with E-state index in [1.807, 2.05) is 33.7 Å². The van der Waals surface area contributed by atoms with Crippen LogP contribution in [0.25, 0.3) is 11.3 Å². The van der Waals surface area contributed by atoms with Crippen LogP contribution < -0.4 is 16.0 Å². The van der Waals surface area contributed by atoms with E-state index in [4.69, 9.17) is 4.98 Å². The molecular formula is C25H30N8O. The fourth-order valence-electron chi connectivity index (χ4n) is 4.63. The van der Waals surface area contributed by atoms with E-state index < -0.39 is 0 Å². The predicted molar refractivity (Wildman–Crippen MR) is 131 cm³/mol. The topological polar surface area (TPSA) is 104 Å². The van der Waals surface area contributed by atoms with Gasteiger partial charge in [0.05, 0.1) is 18.0 Å². The van der Waals surface area contributed by atoms with Crippen molar-refractivity contribution in [1.82, 2.24) is 29.7 Å². The first-order valence-electron chi connectivity index (χ1n) is 12.1. The summed E-state index contributed by atoms with van der Waals surface area (Å²) in [6.45, 7) is 2.96. The third-order valence-corrected chi connectivity index (χ3v) is 6.83. The van der Waals surface area contributed by atoms with E-state index in [0.29, 0.717) is 25.6 Å². The van der Waals surface area contributed by atoms with E-state index in [-0.39, 0.29) is 12.0 Å². The minimum atomic E-state index is -0.329. The molecule has 0 amide bonds. The van der Waals surface area contributed by atoms with Crippen molar-refractivity contribution in [2.45, 2.75) is 37.8 Å². The molecule has 2 atom stereocenters. The quantitative estimate of drug-likeness (QED) is 0.322. The molecule has 1 saturated carbocycles. The Morgan fingerprint density at radius 2 is 1.97 bits per heavy atom. The molecule has 0 radical (unpaired) electrons. The maximum atomic E-state index is 10.3. The predicted octanol–water partition coefficient (Wildman–Crippen LogP) is 2.79. The van der Waals surface area contributed by atoms with Crippen LogP contribution in [-0.4, -0.2) is 55.2 Å². The van der Waals surface area contributed by atoms with Gasteiger partial charge in [-0.3, -0.25) is 0 Å². The molecule has 1 aromatic carbocycles. The minimum absolute atomic E-state index is 0.219. The lowest BCUT2D eigenvalue weighted by Gasteiger charge is -2.28. The first-order valence-corrected chi connectivity index (χ1v) is 12.1. The summed E-state index contributed by atoms with van der Waals surface area (Å²) in [6, 6.07) is 12.3. The van der Waals surface area contributed by atoms with Crippen LogP contribution in [0.5, 0.6) is 0 Å². The Labute approximate surface area is 198 Å². The van der Waals surface area contributed by atoms with E-state index in [9.17, 15) is 5.11 Å². The highest BCUT2D eigenvalue weighted by atomic mass is 16.3. The molecule has 4 aromatic rings. The van der Waals surface area contributed by atoms with Crippen molar-refractivity contribution in [3.63, 3.8) is 0 Å². The van der Waals surface area contributed by atoms with Gasteiger partial charge in [-0.1, -0.05) is 12.1 Å². The molecule has 6 rings (SSSR count). The molecular weight excluding hydrogens is 428 g/mol. The van der Waals surface area contributed by atoms with E-state index in [1.54, 1.807) is 6.20 Å². The average molecular weight is 459 g/mol. The molecule has 9 heteroatoms. The number of anilines is 2. The Hall–Kier alpha value is -3.43. The van der Waals surface area contributed by atoms with E-state index >= 15 is 0 Å². The zero-order valence-corrected chi connectivity index (χ0v) is 19.1. The summed E-state index contributed by atoms with van der Waals surface area (Å²) in [6.07, 6.45) is 8.71. The van der Waals surface area contributed by atoms with Gasteiger partial charge < -0.3 is 21.1 Å². The van der Waals surface area contributed by atoms with Gasteiger partial charge in [0.25, 0.3) is 0 Å². The molecule has 9 nitrogen and oxygen atoms in total. The SMILES string of the molecule is O[C@H]1CNCC[C@@H]1CNc1cc(NCc2ccc(-n3cccn3)cc2)n2ncc(C3CC3)c2n1. The second-order valence-electron chi connectivity index (χ2n) is 9.31. The van der Waals surface area contributed by atoms with Gasteiger partial charge in [-0.25, -0.2) is 9.67 Å². The van der Waals surface area contributed by atoms with E-state index in [0.717, 1.165) is 35.9 Å². The molecule has 1 saturated heterocycles. The smallest absolute Gasteiger partial charge is 0.163 e. The van der Waals surface area contributed by atoms with Gasteiger partial charge in [0.1, 0.15) is 11.6 Å². The maximum absolute atomic E-state index is 10.3. The maximum Gasteiger partial charge on any atom is 0.163 e. The average Bonchev–Trinajstić information content (AvgIpc) is 3.38. The lowest BCUT2D eigenvalue weighted by molar-refractivity contribution is 0.0883. The monoisotopic (exact) mass is 458 g/mol. The number of aliphatic hydroxyl groups is 1. The largest absolute Gasteiger partial charge is 0.391 e. The first kappa shape index (κ1) is 21.1. The van der Waals surface area contributed by atoms with Crippen molar-refractivity contribution in [3.8, 4) is 5.69 Å². The summed E-state index contributed by atoms with van der Waals surface area (Å²) < 4.78 is 3.76. The number of benzene rings is 1. The van der Waals surface area contributed by atoms with Gasteiger partial charge in [-0.2, -0.15) is 14.7 Å². The van der Waals surface area contributed by atoms with Crippen LogP contribution in [0.15, 0.2) is 55.0 Å². The summed E-state index contributed by atoms with van der Waals surface area (Å²) in [7, 11) is 0. The van der Waals surface area contributed by atoms with Crippen molar-refractivity contribution in [2.75, 3.05) is 30.3 Å². The first-order chi connectivity index (χ1) is 16.7. The molecule has 0 spiro atoms. The number of rotatable bonds is 8. The molecule has 2 aliphatic rings. The van der Waals surface area contributed by atoms with Crippen LogP contribution in [0.2, 0.25) is 0 Å². The summed E-state index contributed by atoms with van der Waals surface area (Å²) in [4.78, 5) is 4.90. The van der Waals surface area contributed by atoms with Crippen LogP contribution in [-0.2, 0) is 6.54 Å². The lowest BCUT2D eigenvalue weighted by atomic mass is 9.95. The van der Waals surface area contributed by atoms with Crippen LogP contribution >= 0.6 is 0 Å². The van der Waals surface area contributed by atoms with E-state index in [1.165, 1.54) is 24.0 Å². The number of hydrogen-bond acceptors (Lipinski definition) is 7. The van der Waals surface area contributed by atoms with Crippen LogP contribution in [0.4, 0.5) is 11.6 Å². The Morgan fingerprint density at radius 3 is 2.74 bits per heavy atom. The van der Waals surface area contributed by atoms with Crippen molar-refractivity contribution in [1.29, 1.82) is 0 Å². The molecule has 1 aliphatic carbocycles. The number of piperidine rings is 1. The van der Waals surface area contributed by atoms with Gasteiger partial charge in [-0.05, 0) is 55.5 Å². The normalized spacial score (nSPS) is 20.5.